The van der Waals surface area contributed by atoms with Crippen LogP contribution in [0.5, 0.6) is 0 Å². The van der Waals surface area contributed by atoms with Crippen molar-refractivity contribution in [2.75, 3.05) is 0 Å². The quantitative estimate of drug-likeness (QED) is 0.133. The number of allylic oxidation sites excluding steroid dienone is 1. The summed E-state index contributed by atoms with van der Waals surface area (Å²) in [5.74, 6) is 5.90. The van der Waals surface area contributed by atoms with E-state index in [2.05, 4.69) is 67.8 Å². The van der Waals surface area contributed by atoms with Crippen LogP contribution in [0.3, 0.4) is 0 Å². The molecule has 0 aliphatic carbocycles. The molecule has 0 atom stereocenters. The van der Waals surface area contributed by atoms with Crippen LogP contribution in [0.4, 0.5) is 4.39 Å². The molecule has 4 rings (SSSR count). The fraction of sp³-hybridized carbons (Fsp3) is 0.235. The van der Waals surface area contributed by atoms with Crippen molar-refractivity contribution >= 4 is 10.8 Å². The summed E-state index contributed by atoms with van der Waals surface area (Å²) in [5.41, 5.74) is 6.26. The third-order valence-corrected chi connectivity index (χ3v) is 6.49. The summed E-state index contributed by atoms with van der Waals surface area (Å²) < 4.78 is 15.1. The van der Waals surface area contributed by atoms with Gasteiger partial charge < -0.3 is 0 Å². The summed E-state index contributed by atoms with van der Waals surface area (Å²) in [6, 6.07) is 26.7. The maximum atomic E-state index is 15.1. The zero-order valence-electron chi connectivity index (χ0n) is 20.6. The van der Waals surface area contributed by atoms with Gasteiger partial charge in [-0.3, -0.25) is 0 Å². The van der Waals surface area contributed by atoms with Gasteiger partial charge in [-0.05, 0) is 71.5 Å². The van der Waals surface area contributed by atoms with E-state index in [4.69, 9.17) is 0 Å². The number of benzene rings is 4. The molecule has 0 nitrogen and oxygen atoms in total. The Morgan fingerprint density at radius 3 is 2.17 bits per heavy atom. The maximum absolute atomic E-state index is 15.1. The van der Waals surface area contributed by atoms with E-state index >= 15 is 4.39 Å². The summed E-state index contributed by atoms with van der Waals surface area (Å²) in [4.78, 5) is 0. The molecule has 0 saturated carbocycles. The number of rotatable bonds is 9. The zero-order valence-corrected chi connectivity index (χ0v) is 20.6. The fourth-order valence-corrected chi connectivity index (χ4v) is 4.37. The second-order valence-electron chi connectivity index (χ2n) is 9.14. The lowest BCUT2D eigenvalue weighted by Crippen LogP contribution is -1.89. The van der Waals surface area contributed by atoms with Crippen LogP contribution in [-0.2, 0) is 12.8 Å². The first kappa shape index (κ1) is 24.5. The highest BCUT2D eigenvalue weighted by atomic mass is 19.1. The van der Waals surface area contributed by atoms with Crippen molar-refractivity contribution in [2.24, 2.45) is 0 Å². The number of hydrogen-bond acceptors (Lipinski definition) is 0. The number of unbranched alkanes of at least 4 members (excludes halogenated alkanes) is 3. The Morgan fingerprint density at radius 2 is 1.46 bits per heavy atom. The first-order valence-corrected chi connectivity index (χ1v) is 12.7. The lowest BCUT2D eigenvalue weighted by atomic mass is 10.00. The molecule has 0 spiro atoms. The lowest BCUT2D eigenvalue weighted by Gasteiger charge is -2.06. The van der Waals surface area contributed by atoms with Crippen LogP contribution in [-0.4, -0.2) is 0 Å². The summed E-state index contributed by atoms with van der Waals surface area (Å²) in [7, 11) is 0. The second-order valence-corrected chi connectivity index (χ2v) is 9.14. The number of aryl methyl sites for hydroxylation is 2. The molecule has 0 aromatic heterocycles. The van der Waals surface area contributed by atoms with Crippen molar-refractivity contribution in [1.29, 1.82) is 0 Å². The van der Waals surface area contributed by atoms with Crippen LogP contribution in [0.1, 0.15) is 61.3 Å². The molecule has 0 saturated heterocycles. The standard InChI is InChI=1S/C34H33F/c1-3-5-7-8-10-26-11-17-29(18-12-26)30-19-13-27(14-20-30)15-21-31-22-23-32-25-28(9-6-4-2)16-24-33(32)34(31)35/h4,11-14,16-20,22-25H,2-3,5-10H2,1H3. The summed E-state index contributed by atoms with van der Waals surface area (Å²) >= 11 is 0. The molecule has 4 aromatic carbocycles. The average molecular weight is 461 g/mol. The van der Waals surface area contributed by atoms with Gasteiger partial charge in [0.25, 0.3) is 0 Å². The third-order valence-electron chi connectivity index (χ3n) is 6.49. The minimum absolute atomic E-state index is 0.253. The molecule has 176 valence electrons. The molecular formula is C34H33F. The van der Waals surface area contributed by atoms with Crippen molar-refractivity contribution in [3.05, 3.63) is 120 Å². The highest BCUT2D eigenvalue weighted by Crippen LogP contribution is 2.24. The lowest BCUT2D eigenvalue weighted by molar-refractivity contribution is 0.636. The first-order chi connectivity index (χ1) is 17.2. The Morgan fingerprint density at radius 1 is 0.743 bits per heavy atom. The van der Waals surface area contributed by atoms with Gasteiger partial charge in [0.05, 0.1) is 5.56 Å². The average Bonchev–Trinajstić information content (AvgIpc) is 2.90. The van der Waals surface area contributed by atoms with Crippen molar-refractivity contribution in [3.8, 4) is 23.0 Å². The molecule has 0 bridgehead atoms. The Kier molecular flexibility index (Phi) is 8.53. The Balaban J connectivity index is 1.44. The number of halogens is 1. The van der Waals surface area contributed by atoms with Gasteiger partial charge in [0.1, 0.15) is 5.82 Å². The second kappa shape index (κ2) is 12.2. The fourth-order valence-electron chi connectivity index (χ4n) is 4.37. The molecule has 0 fully saturated rings. The van der Waals surface area contributed by atoms with E-state index in [9.17, 15) is 0 Å². The van der Waals surface area contributed by atoms with E-state index in [0.717, 1.165) is 35.8 Å². The van der Waals surface area contributed by atoms with E-state index in [1.165, 1.54) is 42.4 Å². The van der Waals surface area contributed by atoms with Crippen LogP contribution >= 0.6 is 0 Å². The van der Waals surface area contributed by atoms with Gasteiger partial charge in [-0.1, -0.05) is 105 Å². The molecule has 0 N–H and O–H groups in total. The highest BCUT2D eigenvalue weighted by molar-refractivity contribution is 5.85. The largest absolute Gasteiger partial charge is 0.205 e. The Labute approximate surface area is 209 Å². The molecular weight excluding hydrogens is 427 g/mol. The minimum Gasteiger partial charge on any atom is -0.205 e. The van der Waals surface area contributed by atoms with Crippen LogP contribution in [0.25, 0.3) is 21.9 Å². The summed E-state index contributed by atoms with van der Waals surface area (Å²) in [6.45, 7) is 6.02. The van der Waals surface area contributed by atoms with Gasteiger partial charge in [0, 0.05) is 10.9 Å². The smallest absolute Gasteiger partial charge is 0.146 e. The number of hydrogen-bond donors (Lipinski definition) is 0. The molecule has 4 aromatic rings. The normalized spacial score (nSPS) is 10.7. The monoisotopic (exact) mass is 460 g/mol. The van der Waals surface area contributed by atoms with E-state index in [1.54, 1.807) is 6.07 Å². The van der Waals surface area contributed by atoms with E-state index in [0.29, 0.717) is 10.9 Å². The molecule has 0 radical (unpaired) electrons. The predicted molar refractivity (Wildman–Crippen MR) is 148 cm³/mol. The third kappa shape index (κ3) is 6.49. The highest BCUT2D eigenvalue weighted by Gasteiger charge is 2.06. The molecule has 35 heavy (non-hydrogen) atoms. The van der Waals surface area contributed by atoms with Gasteiger partial charge >= 0.3 is 0 Å². The minimum atomic E-state index is -0.253. The molecule has 0 unspecified atom stereocenters. The van der Waals surface area contributed by atoms with Gasteiger partial charge in [0.2, 0.25) is 0 Å². The molecule has 0 amide bonds. The van der Waals surface area contributed by atoms with Crippen molar-refractivity contribution in [3.63, 3.8) is 0 Å². The topological polar surface area (TPSA) is 0 Å². The maximum Gasteiger partial charge on any atom is 0.146 e. The Bertz CT molecular complexity index is 1330. The SMILES string of the molecule is C=CCCc1ccc2c(F)c(C#Cc3ccc(-c4ccc(CCCCCC)cc4)cc3)ccc2c1. The van der Waals surface area contributed by atoms with Crippen molar-refractivity contribution in [2.45, 2.75) is 51.9 Å². The number of fused-ring (bicyclic) bond motifs is 1. The summed E-state index contributed by atoms with van der Waals surface area (Å²) in [5, 5.41) is 1.52. The van der Waals surface area contributed by atoms with E-state index in [-0.39, 0.29) is 5.82 Å². The van der Waals surface area contributed by atoms with Crippen LogP contribution in [0, 0.1) is 17.7 Å². The van der Waals surface area contributed by atoms with Gasteiger partial charge in [0.15, 0.2) is 0 Å². The van der Waals surface area contributed by atoms with Gasteiger partial charge in [-0.2, -0.15) is 0 Å². The van der Waals surface area contributed by atoms with Crippen molar-refractivity contribution < 1.29 is 4.39 Å². The summed E-state index contributed by atoms with van der Waals surface area (Å²) in [6.07, 6.45) is 10.0. The first-order valence-electron chi connectivity index (χ1n) is 12.7. The van der Waals surface area contributed by atoms with Crippen LogP contribution in [0.2, 0.25) is 0 Å². The van der Waals surface area contributed by atoms with Crippen molar-refractivity contribution in [1.82, 2.24) is 0 Å². The molecule has 1 heteroatoms. The van der Waals surface area contributed by atoms with E-state index < -0.39 is 0 Å². The molecule has 0 aliphatic heterocycles. The van der Waals surface area contributed by atoms with Gasteiger partial charge in [-0.25, -0.2) is 4.39 Å². The zero-order chi connectivity index (χ0) is 24.5. The predicted octanol–water partition coefficient (Wildman–Crippen LogP) is 9.29. The molecule has 0 aliphatic rings. The Hall–Kier alpha value is -3.63. The molecule has 0 heterocycles. The van der Waals surface area contributed by atoms with E-state index in [1.807, 2.05) is 36.4 Å². The van der Waals surface area contributed by atoms with Crippen LogP contribution in [0.15, 0.2) is 91.5 Å². The van der Waals surface area contributed by atoms with Gasteiger partial charge in [-0.15, -0.1) is 6.58 Å². The van der Waals surface area contributed by atoms with Crippen LogP contribution < -0.4 is 0 Å².